The van der Waals surface area contributed by atoms with Crippen LogP contribution >= 0.6 is 11.6 Å². The van der Waals surface area contributed by atoms with E-state index in [2.05, 4.69) is 15.2 Å². The van der Waals surface area contributed by atoms with Crippen molar-refractivity contribution in [3.8, 4) is 0 Å². The number of hydrogen-bond donors (Lipinski definition) is 1. The van der Waals surface area contributed by atoms with E-state index in [9.17, 15) is 9.59 Å². The number of pyridine rings is 1. The summed E-state index contributed by atoms with van der Waals surface area (Å²) < 4.78 is 0. The van der Waals surface area contributed by atoms with Crippen molar-refractivity contribution in [2.24, 2.45) is 0 Å². The van der Waals surface area contributed by atoms with Gasteiger partial charge in [0.05, 0.1) is 16.9 Å². The van der Waals surface area contributed by atoms with Crippen molar-refractivity contribution in [1.29, 1.82) is 0 Å². The maximum Gasteiger partial charge on any atom is 0.258 e. The molecule has 0 spiro atoms. The van der Waals surface area contributed by atoms with Crippen LogP contribution in [0.2, 0.25) is 5.15 Å². The van der Waals surface area contributed by atoms with Gasteiger partial charge in [0.25, 0.3) is 11.8 Å². The van der Waals surface area contributed by atoms with Crippen molar-refractivity contribution < 1.29 is 9.59 Å². The third kappa shape index (κ3) is 4.28. The Morgan fingerprint density at radius 2 is 1.57 bits per heavy atom. The molecule has 0 atom stereocenters. The van der Waals surface area contributed by atoms with Crippen LogP contribution in [-0.2, 0) is 0 Å². The first-order chi connectivity index (χ1) is 14.6. The number of carbonyl (C=O) groups is 2. The fourth-order valence-electron chi connectivity index (χ4n) is 3.51. The van der Waals surface area contributed by atoms with Crippen LogP contribution in [0.25, 0.3) is 0 Å². The number of aromatic nitrogens is 1. The number of halogens is 1. The van der Waals surface area contributed by atoms with Crippen molar-refractivity contribution in [1.82, 2.24) is 9.88 Å². The molecule has 30 heavy (non-hydrogen) atoms. The number of nitrogens with one attached hydrogen (secondary N) is 1. The molecule has 6 nitrogen and oxygen atoms in total. The van der Waals surface area contributed by atoms with E-state index in [1.807, 2.05) is 59.5 Å². The Morgan fingerprint density at radius 1 is 0.867 bits per heavy atom. The van der Waals surface area contributed by atoms with E-state index in [0.29, 0.717) is 43.0 Å². The summed E-state index contributed by atoms with van der Waals surface area (Å²) >= 11 is 6.05. The number of benzene rings is 2. The first-order valence-corrected chi connectivity index (χ1v) is 10.1. The highest BCUT2D eigenvalue weighted by Crippen LogP contribution is 2.28. The van der Waals surface area contributed by atoms with Crippen LogP contribution in [0.15, 0.2) is 72.9 Å². The molecule has 1 fully saturated rings. The minimum atomic E-state index is -0.307. The van der Waals surface area contributed by atoms with Crippen LogP contribution in [0.5, 0.6) is 0 Å². The number of anilines is 2. The van der Waals surface area contributed by atoms with Crippen molar-refractivity contribution in [2.45, 2.75) is 0 Å². The summed E-state index contributed by atoms with van der Waals surface area (Å²) in [5.41, 5.74) is 2.64. The Morgan fingerprint density at radius 3 is 2.30 bits per heavy atom. The molecular weight excluding hydrogens is 400 g/mol. The molecule has 7 heteroatoms. The zero-order chi connectivity index (χ0) is 20.9. The van der Waals surface area contributed by atoms with Gasteiger partial charge in [0.15, 0.2) is 0 Å². The zero-order valence-electron chi connectivity index (χ0n) is 16.3. The standard InChI is InChI=1S/C23H21ClN4O2/c24-21-18(9-6-12-25-21)22(29)26-19-10-4-5-11-20(19)27-13-15-28(16-14-27)23(30)17-7-2-1-3-8-17/h1-12H,13-16H2,(H,26,29). The summed E-state index contributed by atoms with van der Waals surface area (Å²) in [6, 6.07) is 20.3. The molecule has 1 aromatic heterocycles. The smallest absolute Gasteiger partial charge is 0.258 e. The average molecular weight is 421 g/mol. The van der Waals surface area contributed by atoms with Gasteiger partial charge in [-0.15, -0.1) is 0 Å². The molecule has 0 saturated carbocycles. The summed E-state index contributed by atoms with van der Waals surface area (Å²) in [6.45, 7) is 2.59. The number of amides is 2. The molecule has 2 aromatic carbocycles. The lowest BCUT2D eigenvalue weighted by Gasteiger charge is -2.37. The van der Waals surface area contributed by atoms with Gasteiger partial charge in [0, 0.05) is 37.9 Å². The second-order valence-corrected chi connectivity index (χ2v) is 7.32. The highest BCUT2D eigenvalue weighted by Gasteiger charge is 2.24. The second-order valence-electron chi connectivity index (χ2n) is 6.96. The van der Waals surface area contributed by atoms with E-state index in [1.165, 1.54) is 0 Å². The maximum absolute atomic E-state index is 12.7. The lowest BCUT2D eigenvalue weighted by Crippen LogP contribution is -2.49. The van der Waals surface area contributed by atoms with Gasteiger partial charge in [-0.25, -0.2) is 4.98 Å². The lowest BCUT2D eigenvalue weighted by molar-refractivity contribution is 0.0746. The molecule has 4 rings (SSSR count). The number of nitrogens with zero attached hydrogens (tertiary/aromatic N) is 3. The maximum atomic E-state index is 12.7. The van der Waals surface area contributed by atoms with Crippen LogP contribution in [0, 0.1) is 0 Å². The van der Waals surface area contributed by atoms with Crippen LogP contribution < -0.4 is 10.2 Å². The molecule has 1 aliphatic rings. The van der Waals surface area contributed by atoms with Gasteiger partial charge in [-0.1, -0.05) is 41.9 Å². The summed E-state index contributed by atoms with van der Waals surface area (Å²) in [5, 5.41) is 3.11. The second kappa shape index (κ2) is 8.97. The third-order valence-electron chi connectivity index (χ3n) is 5.08. The van der Waals surface area contributed by atoms with Crippen molar-refractivity contribution in [2.75, 3.05) is 36.4 Å². The molecule has 152 valence electrons. The first kappa shape index (κ1) is 19.9. The molecule has 0 unspecified atom stereocenters. The summed E-state index contributed by atoms with van der Waals surface area (Å²) in [4.78, 5) is 33.3. The van der Waals surface area contributed by atoms with Crippen LogP contribution in [-0.4, -0.2) is 47.9 Å². The third-order valence-corrected chi connectivity index (χ3v) is 5.39. The topological polar surface area (TPSA) is 65.5 Å². The minimum Gasteiger partial charge on any atom is -0.366 e. The van der Waals surface area contributed by atoms with Crippen molar-refractivity contribution >= 4 is 34.8 Å². The number of rotatable bonds is 4. The quantitative estimate of drug-likeness (QED) is 0.649. The van der Waals surface area contributed by atoms with E-state index in [1.54, 1.807) is 18.3 Å². The van der Waals surface area contributed by atoms with Gasteiger partial charge >= 0.3 is 0 Å². The summed E-state index contributed by atoms with van der Waals surface area (Å²) in [6.07, 6.45) is 1.54. The Hall–Kier alpha value is -3.38. The fourth-order valence-corrected chi connectivity index (χ4v) is 3.72. The van der Waals surface area contributed by atoms with Crippen molar-refractivity contribution in [3.05, 3.63) is 89.2 Å². The Labute approximate surface area is 180 Å². The SMILES string of the molecule is O=C(Nc1ccccc1N1CCN(C(=O)c2ccccc2)CC1)c1cccnc1Cl. The van der Waals surface area contributed by atoms with Gasteiger partial charge in [-0.3, -0.25) is 9.59 Å². The Kier molecular flexibility index (Phi) is 5.95. The van der Waals surface area contributed by atoms with Gasteiger partial charge < -0.3 is 15.1 Å². The molecular formula is C23H21ClN4O2. The predicted molar refractivity (Wildman–Crippen MR) is 118 cm³/mol. The number of para-hydroxylation sites is 2. The van der Waals surface area contributed by atoms with E-state index in [4.69, 9.17) is 11.6 Å². The van der Waals surface area contributed by atoms with Crippen LogP contribution in [0.4, 0.5) is 11.4 Å². The Balaban J connectivity index is 1.45. The molecule has 0 radical (unpaired) electrons. The zero-order valence-corrected chi connectivity index (χ0v) is 17.0. The fraction of sp³-hybridized carbons (Fsp3) is 0.174. The largest absolute Gasteiger partial charge is 0.366 e. The van der Waals surface area contributed by atoms with Gasteiger partial charge in [0.2, 0.25) is 0 Å². The molecule has 2 heterocycles. The highest BCUT2D eigenvalue weighted by atomic mass is 35.5. The van der Waals surface area contributed by atoms with E-state index in [0.717, 1.165) is 5.69 Å². The highest BCUT2D eigenvalue weighted by molar-refractivity contribution is 6.33. The molecule has 0 aliphatic carbocycles. The molecule has 0 bridgehead atoms. The van der Waals surface area contributed by atoms with Gasteiger partial charge in [-0.05, 0) is 36.4 Å². The van der Waals surface area contributed by atoms with E-state index in [-0.39, 0.29) is 17.0 Å². The van der Waals surface area contributed by atoms with E-state index >= 15 is 0 Å². The number of piperazine rings is 1. The predicted octanol–water partition coefficient (Wildman–Crippen LogP) is 3.95. The minimum absolute atomic E-state index is 0.0445. The molecule has 2 amide bonds. The van der Waals surface area contributed by atoms with E-state index < -0.39 is 0 Å². The van der Waals surface area contributed by atoms with Gasteiger partial charge in [-0.2, -0.15) is 0 Å². The van der Waals surface area contributed by atoms with Gasteiger partial charge in [0.1, 0.15) is 5.15 Å². The number of hydrogen-bond acceptors (Lipinski definition) is 4. The monoisotopic (exact) mass is 420 g/mol. The molecule has 1 N–H and O–H groups in total. The van der Waals surface area contributed by atoms with Crippen molar-refractivity contribution in [3.63, 3.8) is 0 Å². The first-order valence-electron chi connectivity index (χ1n) is 9.73. The normalized spacial score (nSPS) is 13.8. The molecule has 1 saturated heterocycles. The Bertz CT molecular complexity index is 1050. The summed E-state index contributed by atoms with van der Waals surface area (Å²) in [7, 11) is 0. The van der Waals surface area contributed by atoms with Crippen LogP contribution in [0.1, 0.15) is 20.7 Å². The average Bonchev–Trinajstić information content (AvgIpc) is 2.80. The van der Waals surface area contributed by atoms with Crippen LogP contribution in [0.3, 0.4) is 0 Å². The molecule has 3 aromatic rings. The molecule has 1 aliphatic heterocycles. The summed E-state index contributed by atoms with van der Waals surface area (Å²) in [5.74, 6) is -0.263. The lowest BCUT2D eigenvalue weighted by atomic mass is 10.1. The number of carbonyl (C=O) groups excluding carboxylic acids is 2.